The maximum absolute atomic E-state index is 13.7. The monoisotopic (exact) mass is 592 g/mol. The topological polar surface area (TPSA) is 143 Å². The summed E-state index contributed by atoms with van der Waals surface area (Å²) in [7, 11) is 0. The maximum Gasteiger partial charge on any atom is 0.243 e. The number of ketones is 1. The first-order chi connectivity index (χ1) is 20.4. The van der Waals surface area contributed by atoms with E-state index in [2.05, 4.69) is 16.0 Å². The molecule has 1 aliphatic rings. The van der Waals surface area contributed by atoms with Crippen molar-refractivity contribution in [2.24, 2.45) is 17.6 Å². The third kappa shape index (κ3) is 10.9. The van der Waals surface area contributed by atoms with E-state index in [4.69, 9.17) is 10.5 Å². The Morgan fingerprint density at radius 3 is 1.86 bits per heavy atom. The molecule has 0 saturated carbocycles. The summed E-state index contributed by atoms with van der Waals surface area (Å²) in [5.41, 5.74) is 7.18. The number of carbonyl (C=O) groups excluding carboxylic acids is 4. The third-order valence-corrected chi connectivity index (χ3v) is 7.62. The average Bonchev–Trinajstić information content (AvgIpc) is 3.73. The van der Waals surface area contributed by atoms with E-state index in [1.54, 1.807) is 6.92 Å². The van der Waals surface area contributed by atoms with Crippen molar-refractivity contribution in [3.8, 4) is 0 Å². The largest absolute Gasteiger partial charge is 0.361 e. The van der Waals surface area contributed by atoms with Crippen molar-refractivity contribution in [1.82, 2.24) is 16.0 Å². The van der Waals surface area contributed by atoms with Gasteiger partial charge in [0, 0.05) is 18.9 Å². The van der Waals surface area contributed by atoms with Gasteiger partial charge < -0.3 is 26.4 Å². The van der Waals surface area contributed by atoms with E-state index in [0.717, 1.165) is 11.1 Å². The van der Waals surface area contributed by atoms with Gasteiger partial charge in [-0.1, -0.05) is 88.4 Å². The molecule has 43 heavy (non-hydrogen) atoms. The van der Waals surface area contributed by atoms with E-state index in [1.807, 2.05) is 88.4 Å². The van der Waals surface area contributed by atoms with Crippen LogP contribution in [0.1, 0.15) is 77.5 Å². The van der Waals surface area contributed by atoms with Crippen molar-refractivity contribution < 1.29 is 23.9 Å². The molecule has 1 saturated heterocycles. The number of benzene rings is 2. The minimum absolute atomic E-state index is 0.108. The lowest BCUT2D eigenvalue weighted by Crippen LogP contribution is -2.57. The highest BCUT2D eigenvalue weighted by molar-refractivity contribution is 5.98. The number of hydrogen-bond acceptors (Lipinski definition) is 6. The zero-order valence-corrected chi connectivity index (χ0v) is 26.1. The second-order valence-corrected chi connectivity index (χ2v) is 12.6. The fourth-order valence-corrected chi connectivity index (χ4v) is 5.05. The van der Waals surface area contributed by atoms with Gasteiger partial charge >= 0.3 is 0 Å². The van der Waals surface area contributed by atoms with E-state index < -0.39 is 35.5 Å². The number of amides is 3. The Hall–Kier alpha value is -3.56. The van der Waals surface area contributed by atoms with E-state index in [-0.39, 0.29) is 42.4 Å². The molecule has 1 aliphatic heterocycles. The second kappa shape index (κ2) is 15.8. The van der Waals surface area contributed by atoms with Gasteiger partial charge in [-0.05, 0) is 49.1 Å². The summed E-state index contributed by atoms with van der Waals surface area (Å²) >= 11 is 0. The SMILES string of the molecule is CC(C)CC(NC(=O)CCC(N)c1ccccc1)C(=O)NC(Cc1ccccc1)C(=O)NC(CC(C)C)C(=O)[C@@]1(C)CO1. The van der Waals surface area contributed by atoms with Crippen LogP contribution < -0.4 is 21.7 Å². The first-order valence-electron chi connectivity index (χ1n) is 15.3. The first-order valence-corrected chi connectivity index (χ1v) is 15.3. The molecular weight excluding hydrogens is 544 g/mol. The lowest BCUT2D eigenvalue weighted by molar-refractivity contribution is -0.134. The molecular formula is C34H48N4O5. The number of epoxide rings is 1. The van der Waals surface area contributed by atoms with Crippen LogP contribution in [-0.4, -0.2) is 53.8 Å². The maximum atomic E-state index is 13.7. The van der Waals surface area contributed by atoms with Crippen molar-refractivity contribution in [3.05, 3.63) is 71.8 Å². The Bertz CT molecular complexity index is 1210. The second-order valence-electron chi connectivity index (χ2n) is 12.6. The summed E-state index contributed by atoms with van der Waals surface area (Å²) in [6.07, 6.45) is 1.66. The predicted molar refractivity (Wildman–Crippen MR) is 167 cm³/mol. The fraction of sp³-hybridized carbons (Fsp3) is 0.529. The van der Waals surface area contributed by atoms with Gasteiger partial charge in [0.25, 0.3) is 0 Å². The summed E-state index contributed by atoms with van der Waals surface area (Å²) in [5, 5.41) is 8.66. The van der Waals surface area contributed by atoms with Gasteiger partial charge in [0.1, 0.15) is 17.7 Å². The Kier molecular flexibility index (Phi) is 12.5. The quantitative estimate of drug-likeness (QED) is 0.207. The van der Waals surface area contributed by atoms with E-state index >= 15 is 0 Å². The molecule has 2 aromatic rings. The standard InChI is InChI=1S/C34H48N4O5/c1-22(2)18-27(31(40)34(5)21-43-34)37-33(42)29(20-24-12-8-6-9-13-24)38-32(41)28(19-23(3)4)36-30(39)17-16-26(35)25-14-10-7-11-15-25/h6-15,22-23,26-29H,16-21,35H2,1-5H3,(H,36,39)(H,37,42)(H,38,41)/t26?,27?,28?,29?,34-/m1/s1. The zero-order valence-electron chi connectivity index (χ0n) is 26.1. The third-order valence-electron chi connectivity index (χ3n) is 7.62. The van der Waals surface area contributed by atoms with Crippen LogP contribution in [-0.2, 0) is 30.3 Å². The van der Waals surface area contributed by atoms with Crippen LogP contribution in [0.5, 0.6) is 0 Å². The highest BCUT2D eigenvalue weighted by Crippen LogP contribution is 2.29. The van der Waals surface area contributed by atoms with Crippen molar-refractivity contribution in [3.63, 3.8) is 0 Å². The molecule has 5 atom stereocenters. The summed E-state index contributed by atoms with van der Waals surface area (Å²) in [6, 6.07) is 16.1. The highest BCUT2D eigenvalue weighted by Gasteiger charge is 2.50. The summed E-state index contributed by atoms with van der Waals surface area (Å²) in [5.74, 6) is -1.09. The van der Waals surface area contributed by atoms with Crippen LogP contribution in [0.25, 0.3) is 0 Å². The molecule has 0 aromatic heterocycles. The molecule has 1 heterocycles. The van der Waals surface area contributed by atoms with Crippen molar-refractivity contribution in [2.45, 2.75) is 96.5 Å². The minimum atomic E-state index is -0.955. The predicted octanol–water partition coefficient (Wildman–Crippen LogP) is 3.61. The Morgan fingerprint density at radius 1 is 0.791 bits per heavy atom. The zero-order chi connectivity index (χ0) is 31.6. The van der Waals surface area contributed by atoms with E-state index in [0.29, 0.717) is 25.9 Å². The van der Waals surface area contributed by atoms with Gasteiger partial charge in [-0.25, -0.2) is 0 Å². The molecule has 0 spiro atoms. The minimum Gasteiger partial charge on any atom is -0.361 e. The fourth-order valence-electron chi connectivity index (χ4n) is 5.05. The van der Waals surface area contributed by atoms with Gasteiger partial charge in [-0.3, -0.25) is 19.2 Å². The van der Waals surface area contributed by atoms with Crippen LogP contribution in [0.2, 0.25) is 0 Å². The van der Waals surface area contributed by atoms with E-state index in [1.165, 1.54) is 0 Å². The van der Waals surface area contributed by atoms with Gasteiger partial charge in [-0.15, -0.1) is 0 Å². The molecule has 4 unspecified atom stereocenters. The molecule has 234 valence electrons. The number of Topliss-reactive ketones (excluding diaryl/α,β-unsaturated/α-hetero) is 1. The van der Waals surface area contributed by atoms with Gasteiger partial charge in [0.15, 0.2) is 5.78 Å². The number of nitrogens with two attached hydrogens (primary N) is 1. The molecule has 9 nitrogen and oxygen atoms in total. The summed E-state index contributed by atoms with van der Waals surface area (Å²) < 4.78 is 5.37. The number of nitrogens with one attached hydrogen (secondary N) is 3. The smallest absolute Gasteiger partial charge is 0.243 e. The molecule has 0 aliphatic carbocycles. The Balaban J connectivity index is 1.72. The van der Waals surface area contributed by atoms with Crippen LogP contribution in [0.3, 0.4) is 0 Å². The number of rotatable bonds is 17. The normalized spacial score (nSPS) is 18.8. The molecule has 9 heteroatoms. The van der Waals surface area contributed by atoms with Crippen LogP contribution >= 0.6 is 0 Å². The molecule has 3 rings (SSSR count). The van der Waals surface area contributed by atoms with Crippen molar-refractivity contribution in [1.29, 1.82) is 0 Å². The van der Waals surface area contributed by atoms with Crippen molar-refractivity contribution >= 4 is 23.5 Å². The molecule has 3 amide bonds. The molecule has 5 N–H and O–H groups in total. The van der Waals surface area contributed by atoms with Crippen LogP contribution in [0.15, 0.2) is 60.7 Å². The Labute approximate surface area is 255 Å². The molecule has 1 fully saturated rings. The summed E-state index contributed by atoms with van der Waals surface area (Å²) in [4.78, 5) is 53.4. The lowest BCUT2D eigenvalue weighted by atomic mass is 9.93. The lowest BCUT2D eigenvalue weighted by Gasteiger charge is -2.27. The van der Waals surface area contributed by atoms with Crippen LogP contribution in [0, 0.1) is 11.8 Å². The summed E-state index contributed by atoms with van der Waals surface area (Å²) in [6.45, 7) is 9.95. The number of hydrogen-bond donors (Lipinski definition) is 4. The van der Waals surface area contributed by atoms with E-state index in [9.17, 15) is 19.2 Å². The molecule has 0 bridgehead atoms. The first kappa shape index (κ1) is 33.9. The molecule has 2 aromatic carbocycles. The van der Waals surface area contributed by atoms with Gasteiger partial charge in [0.2, 0.25) is 17.7 Å². The molecule has 0 radical (unpaired) electrons. The van der Waals surface area contributed by atoms with Gasteiger partial charge in [0.05, 0.1) is 12.6 Å². The highest BCUT2D eigenvalue weighted by atomic mass is 16.6. The number of ether oxygens (including phenoxy) is 1. The average molecular weight is 593 g/mol. The Morgan fingerprint density at radius 2 is 1.30 bits per heavy atom. The van der Waals surface area contributed by atoms with Crippen molar-refractivity contribution in [2.75, 3.05) is 6.61 Å². The van der Waals surface area contributed by atoms with Crippen LogP contribution in [0.4, 0.5) is 0 Å². The number of carbonyl (C=O) groups is 4. The van der Waals surface area contributed by atoms with Gasteiger partial charge in [-0.2, -0.15) is 0 Å².